The number of tetrazole rings is 1. The standard InChI is InChI=1S/C10H11N5O2/c1-14(7-9(16)17)10-11-12-13-15(10)8-5-3-2-4-6-8/h2-6H,7H2,1H3,(H,16,17). The van der Waals surface area contributed by atoms with Crippen LogP contribution in [-0.2, 0) is 4.79 Å². The molecular weight excluding hydrogens is 222 g/mol. The molecule has 0 amide bonds. The number of anilines is 1. The van der Waals surface area contributed by atoms with E-state index in [1.165, 1.54) is 9.58 Å². The zero-order chi connectivity index (χ0) is 12.3. The van der Waals surface area contributed by atoms with Crippen molar-refractivity contribution < 1.29 is 9.90 Å². The van der Waals surface area contributed by atoms with Gasteiger partial charge in [-0.3, -0.25) is 4.79 Å². The van der Waals surface area contributed by atoms with Crippen LogP contribution in [0.15, 0.2) is 30.3 Å². The Balaban J connectivity index is 2.32. The van der Waals surface area contributed by atoms with Crippen LogP contribution < -0.4 is 4.90 Å². The highest BCUT2D eigenvalue weighted by Crippen LogP contribution is 2.13. The fraction of sp³-hybridized carbons (Fsp3) is 0.200. The average Bonchev–Trinajstić information content (AvgIpc) is 2.78. The van der Waals surface area contributed by atoms with E-state index in [4.69, 9.17) is 5.11 Å². The van der Waals surface area contributed by atoms with E-state index >= 15 is 0 Å². The minimum Gasteiger partial charge on any atom is -0.480 e. The summed E-state index contributed by atoms with van der Waals surface area (Å²) in [5.74, 6) is -0.547. The van der Waals surface area contributed by atoms with E-state index in [0.29, 0.717) is 5.95 Å². The van der Waals surface area contributed by atoms with E-state index < -0.39 is 5.97 Å². The van der Waals surface area contributed by atoms with Crippen molar-refractivity contribution in [1.82, 2.24) is 20.2 Å². The highest BCUT2D eigenvalue weighted by atomic mass is 16.4. The summed E-state index contributed by atoms with van der Waals surface area (Å²) in [6.45, 7) is -0.160. The Bertz CT molecular complexity index is 510. The smallest absolute Gasteiger partial charge is 0.323 e. The van der Waals surface area contributed by atoms with Crippen molar-refractivity contribution in [2.24, 2.45) is 0 Å². The lowest BCUT2D eigenvalue weighted by Crippen LogP contribution is -2.27. The molecule has 0 unspecified atom stereocenters. The molecule has 7 heteroatoms. The lowest BCUT2D eigenvalue weighted by Gasteiger charge is -2.14. The van der Waals surface area contributed by atoms with Gasteiger partial charge in [-0.25, -0.2) is 0 Å². The highest BCUT2D eigenvalue weighted by molar-refractivity contribution is 5.72. The van der Waals surface area contributed by atoms with Crippen LogP contribution in [0.4, 0.5) is 5.95 Å². The molecule has 1 aromatic heterocycles. The van der Waals surface area contributed by atoms with Crippen LogP contribution in [0.5, 0.6) is 0 Å². The SMILES string of the molecule is CN(CC(=O)O)c1nnnn1-c1ccccc1. The Morgan fingerprint density at radius 3 is 2.76 bits per heavy atom. The number of hydrogen-bond acceptors (Lipinski definition) is 5. The summed E-state index contributed by atoms with van der Waals surface area (Å²) in [4.78, 5) is 12.1. The predicted molar refractivity (Wildman–Crippen MR) is 60.1 cm³/mol. The van der Waals surface area contributed by atoms with Crippen molar-refractivity contribution in [3.8, 4) is 5.69 Å². The quantitative estimate of drug-likeness (QED) is 0.811. The molecule has 88 valence electrons. The molecule has 2 aromatic rings. The number of likely N-dealkylation sites (N-methyl/N-ethyl adjacent to an activating group) is 1. The van der Waals surface area contributed by atoms with Crippen molar-refractivity contribution in [3.05, 3.63) is 30.3 Å². The monoisotopic (exact) mass is 233 g/mol. The van der Waals surface area contributed by atoms with E-state index in [0.717, 1.165) is 5.69 Å². The van der Waals surface area contributed by atoms with Crippen LogP contribution >= 0.6 is 0 Å². The number of nitrogens with zero attached hydrogens (tertiary/aromatic N) is 5. The summed E-state index contributed by atoms with van der Waals surface area (Å²) >= 11 is 0. The third-order valence-electron chi connectivity index (χ3n) is 2.17. The van der Waals surface area contributed by atoms with Crippen LogP contribution in [0.1, 0.15) is 0 Å². The average molecular weight is 233 g/mol. The Labute approximate surface area is 97.3 Å². The van der Waals surface area contributed by atoms with Gasteiger partial charge in [-0.15, -0.1) is 0 Å². The number of benzene rings is 1. The fourth-order valence-electron chi connectivity index (χ4n) is 1.43. The van der Waals surface area contributed by atoms with E-state index in [9.17, 15) is 4.79 Å². The molecule has 0 aliphatic heterocycles. The van der Waals surface area contributed by atoms with Crippen LogP contribution in [0.25, 0.3) is 5.69 Å². The molecule has 0 aliphatic rings. The molecule has 0 saturated heterocycles. The minimum atomic E-state index is -0.935. The molecule has 0 aliphatic carbocycles. The summed E-state index contributed by atoms with van der Waals surface area (Å²) in [6, 6.07) is 9.29. The first-order valence-corrected chi connectivity index (χ1v) is 4.95. The Morgan fingerprint density at radius 2 is 2.12 bits per heavy atom. The van der Waals surface area contributed by atoms with E-state index in [1.54, 1.807) is 7.05 Å². The minimum absolute atomic E-state index is 0.160. The number of carboxylic acids is 1. The van der Waals surface area contributed by atoms with Crippen molar-refractivity contribution in [2.75, 3.05) is 18.5 Å². The first-order chi connectivity index (χ1) is 8.18. The number of hydrogen-bond donors (Lipinski definition) is 1. The maximum Gasteiger partial charge on any atom is 0.323 e. The Morgan fingerprint density at radius 1 is 1.41 bits per heavy atom. The molecule has 0 bridgehead atoms. The normalized spacial score (nSPS) is 10.2. The molecule has 2 rings (SSSR count). The molecule has 0 fully saturated rings. The number of aromatic nitrogens is 4. The van der Waals surface area contributed by atoms with Gasteiger partial charge in [0.05, 0.1) is 5.69 Å². The molecule has 0 atom stereocenters. The molecule has 7 nitrogen and oxygen atoms in total. The number of aliphatic carboxylic acids is 1. The topological polar surface area (TPSA) is 84.1 Å². The van der Waals surface area contributed by atoms with Crippen molar-refractivity contribution in [2.45, 2.75) is 0 Å². The van der Waals surface area contributed by atoms with E-state index in [-0.39, 0.29) is 6.54 Å². The molecule has 0 radical (unpaired) electrons. The van der Waals surface area contributed by atoms with E-state index in [1.807, 2.05) is 30.3 Å². The zero-order valence-corrected chi connectivity index (χ0v) is 9.19. The molecule has 1 aromatic carbocycles. The Kier molecular flexibility index (Phi) is 2.99. The largest absolute Gasteiger partial charge is 0.480 e. The number of carboxylic acid groups (broad SMARTS) is 1. The first-order valence-electron chi connectivity index (χ1n) is 4.95. The third kappa shape index (κ3) is 2.39. The second kappa shape index (κ2) is 4.60. The van der Waals surface area contributed by atoms with E-state index in [2.05, 4.69) is 15.5 Å². The maximum absolute atomic E-state index is 10.6. The van der Waals surface area contributed by atoms with Crippen LogP contribution in [-0.4, -0.2) is 44.9 Å². The van der Waals surface area contributed by atoms with Crippen molar-refractivity contribution in [1.29, 1.82) is 0 Å². The zero-order valence-electron chi connectivity index (χ0n) is 9.19. The van der Waals surface area contributed by atoms with Crippen molar-refractivity contribution >= 4 is 11.9 Å². The van der Waals surface area contributed by atoms with Gasteiger partial charge < -0.3 is 10.0 Å². The van der Waals surface area contributed by atoms with Crippen LogP contribution in [0.2, 0.25) is 0 Å². The van der Waals surface area contributed by atoms with Gasteiger partial charge in [0, 0.05) is 7.05 Å². The van der Waals surface area contributed by atoms with Gasteiger partial charge in [0.2, 0.25) is 0 Å². The Hall–Kier alpha value is -2.44. The maximum atomic E-state index is 10.6. The van der Waals surface area contributed by atoms with Crippen molar-refractivity contribution in [3.63, 3.8) is 0 Å². The molecule has 1 N–H and O–H groups in total. The third-order valence-corrected chi connectivity index (χ3v) is 2.17. The molecule has 17 heavy (non-hydrogen) atoms. The lowest BCUT2D eigenvalue weighted by atomic mass is 10.3. The first kappa shape index (κ1) is 11.1. The molecule has 0 spiro atoms. The van der Waals surface area contributed by atoms with Gasteiger partial charge in [0.25, 0.3) is 5.95 Å². The molecule has 0 saturated carbocycles. The lowest BCUT2D eigenvalue weighted by molar-refractivity contribution is -0.135. The summed E-state index contributed by atoms with van der Waals surface area (Å²) in [6.07, 6.45) is 0. The second-order valence-corrected chi connectivity index (χ2v) is 3.48. The van der Waals surface area contributed by atoms with Gasteiger partial charge in [0.1, 0.15) is 6.54 Å². The fourth-order valence-corrected chi connectivity index (χ4v) is 1.43. The highest BCUT2D eigenvalue weighted by Gasteiger charge is 2.14. The predicted octanol–water partition coefficient (Wildman–Crippen LogP) is 0.183. The van der Waals surface area contributed by atoms with Gasteiger partial charge in [-0.05, 0) is 22.6 Å². The summed E-state index contributed by atoms with van der Waals surface area (Å²) in [7, 11) is 1.62. The second-order valence-electron chi connectivity index (χ2n) is 3.48. The number of rotatable bonds is 4. The summed E-state index contributed by atoms with van der Waals surface area (Å²) in [5.41, 5.74) is 0.782. The number of para-hydroxylation sites is 1. The van der Waals surface area contributed by atoms with Crippen LogP contribution in [0, 0.1) is 0 Å². The summed E-state index contributed by atoms with van der Waals surface area (Å²) in [5, 5.41) is 19.9. The molecular formula is C10H11N5O2. The van der Waals surface area contributed by atoms with Gasteiger partial charge in [-0.2, -0.15) is 4.68 Å². The van der Waals surface area contributed by atoms with Gasteiger partial charge >= 0.3 is 5.97 Å². The van der Waals surface area contributed by atoms with Gasteiger partial charge in [0.15, 0.2) is 0 Å². The van der Waals surface area contributed by atoms with Gasteiger partial charge in [-0.1, -0.05) is 23.3 Å². The molecule has 1 heterocycles. The summed E-state index contributed by atoms with van der Waals surface area (Å²) < 4.78 is 1.49. The number of carbonyl (C=O) groups is 1. The van der Waals surface area contributed by atoms with Crippen LogP contribution in [0.3, 0.4) is 0 Å².